The lowest BCUT2D eigenvalue weighted by atomic mass is 9.99. The van der Waals surface area contributed by atoms with Gasteiger partial charge in [0.05, 0.1) is 24.6 Å². The van der Waals surface area contributed by atoms with Crippen molar-refractivity contribution in [2.24, 2.45) is 0 Å². The van der Waals surface area contributed by atoms with Gasteiger partial charge in [-0.25, -0.2) is 4.98 Å². The summed E-state index contributed by atoms with van der Waals surface area (Å²) in [4.78, 5) is 14.9. The van der Waals surface area contributed by atoms with E-state index >= 15 is 0 Å². The van der Waals surface area contributed by atoms with E-state index in [0.717, 1.165) is 38.2 Å². The van der Waals surface area contributed by atoms with Crippen molar-refractivity contribution in [3.8, 4) is 39.9 Å². The topological polar surface area (TPSA) is 69.9 Å². The van der Waals surface area contributed by atoms with E-state index in [1.165, 1.54) is 0 Å². The summed E-state index contributed by atoms with van der Waals surface area (Å²) >= 11 is 0. The molecule has 0 saturated carbocycles. The maximum Gasteiger partial charge on any atom is 0.238 e. The first-order valence-corrected chi connectivity index (χ1v) is 16.5. The monoisotopic (exact) mass is 660 g/mol. The van der Waals surface area contributed by atoms with Crippen molar-refractivity contribution >= 4 is 65.7 Å². The highest BCUT2D eigenvalue weighted by atomic mass is 16.3. The van der Waals surface area contributed by atoms with Crippen molar-refractivity contribution in [3.63, 3.8) is 0 Å². The molecule has 0 saturated heterocycles. The van der Waals surface area contributed by atoms with Gasteiger partial charge in [0, 0.05) is 38.1 Å². The number of furan rings is 2. The van der Waals surface area contributed by atoms with Crippen LogP contribution in [0, 0.1) is 0 Å². The molecule has 4 heterocycles. The first-order valence-electron chi connectivity index (χ1n) is 19.5. The number of para-hydroxylation sites is 2. The van der Waals surface area contributed by atoms with Crippen LogP contribution in [0.3, 0.4) is 0 Å². The third-order valence-corrected chi connectivity index (χ3v) is 9.39. The summed E-state index contributed by atoms with van der Waals surface area (Å²) in [6.07, 6.45) is 0. The van der Waals surface area contributed by atoms with Gasteiger partial charge in [-0.05, 0) is 53.5 Å². The summed E-state index contributed by atoms with van der Waals surface area (Å²) in [5, 5.41) is 4.07. The van der Waals surface area contributed by atoms with Crippen LogP contribution in [0.1, 0.15) is 8.22 Å². The van der Waals surface area contributed by atoms with Crippen LogP contribution in [0.5, 0.6) is 0 Å². The largest absolute Gasteiger partial charge is 0.456 e. The molecule has 0 aliphatic heterocycles. The molecular formula is C45H26N4O2. The minimum atomic E-state index is -0.343. The summed E-state index contributed by atoms with van der Waals surface area (Å²) in [6.45, 7) is 0. The first kappa shape index (κ1) is 22.6. The SMILES string of the molecule is [2H]c1c([2H])c(-c2ccccc2)c2c(oc3c([2H])c(-c4nc(-c5ccccc5)nc(-n5c6ccccc6c6ccc7oc8ccccc8c7c65)n4)c([2H])c([2H])c32)c1[2H]. The molecule has 6 nitrogen and oxygen atoms in total. The molecule has 0 unspecified atom stereocenters. The Bertz CT molecular complexity index is 3490. The minimum Gasteiger partial charge on any atom is -0.456 e. The van der Waals surface area contributed by atoms with Crippen LogP contribution >= 0.6 is 0 Å². The van der Waals surface area contributed by atoms with Gasteiger partial charge in [0.25, 0.3) is 0 Å². The van der Waals surface area contributed by atoms with E-state index in [9.17, 15) is 4.11 Å². The van der Waals surface area contributed by atoms with Crippen molar-refractivity contribution in [2.45, 2.75) is 0 Å². The van der Waals surface area contributed by atoms with Crippen LogP contribution in [0.4, 0.5) is 0 Å². The average molecular weight is 661 g/mol. The fourth-order valence-corrected chi connectivity index (χ4v) is 7.15. The molecule has 51 heavy (non-hydrogen) atoms. The second-order valence-electron chi connectivity index (χ2n) is 12.3. The zero-order chi connectivity index (χ0) is 38.7. The molecule has 238 valence electrons. The van der Waals surface area contributed by atoms with Crippen molar-refractivity contribution in [2.75, 3.05) is 0 Å². The third-order valence-electron chi connectivity index (χ3n) is 9.39. The van der Waals surface area contributed by atoms with Gasteiger partial charge in [0.1, 0.15) is 22.3 Å². The van der Waals surface area contributed by atoms with Gasteiger partial charge < -0.3 is 8.83 Å². The molecule has 0 radical (unpaired) electrons. The van der Waals surface area contributed by atoms with Crippen LogP contribution in [0.15, 0.2) is 166 Å². The van der Waals surface area contributed by atoms with Gasteiger partial charge in [-0.1, -0.05) is 115 Å². The molecule has 4 aromatic heterocycles. The highest BCUT2D eigenvalue weighted by Crippen LogP contribution is 2.41. The van der Waals surface area contributed by atoms with Crippen molar-refractivity contribution in [1.82, 2.24) is 19.5 Å². The number of benzene rings is 7. The maximum absolute atomic E-state index is 9.59. The maximum atomic E-state index is 9.59. The first-order chi connectivity index (χ1) is 27.8. The van der Waals surface area contributed by atoms with E-state index in [0.29, 0.717) is 28.1 Å². The van der Waals surface area contributed by atoms with E-state index in [1.807, 2.05) is 102 Å². The number of hydrogen-bond donors (Lipinski definition) is 0. The highest BCUT2D eigenvalue weighted by Gasteiger charge is 2.22. The van der Waals surface area contributed by atoms with Crippen LogP contribution < -0.4 is 0 Å². The summed E-state index contributed by atoms with van der Waals surface area (Å²) < 4.78 is 69.3. The Balaban J connectivity index is 1.26. The van der Waals surface area contributed by atoms with Gasteiger partial charge in [-0.3, -0.25) is 4.57 Å². The lowest BCUT2D eigenvalue weighted by Crippen LogP contribution is -2.06. The molecule has 0 fully saturated rings. The Hall–Kier alpha value is -7.05. The van der Waals surface area contributed by atoms with Gasteiger partial charge in [0.15, 0.2) is 11.6 Å². The average Bonchev–Trinajstić information content (AvgIpc) is 3.93. The Labute approximate surface area is 299 Å². The standard InChI is InChI=1S/C45H26N4O2/c1-3-12-27(13-4-1)30-18-11-21-37-40(30)34-23-22-29(26-39(34)51-37)44-46-43(28-14-5-2-6-15-28)47-45(48-44)49-35-19-9-7-16-31(35)32-24-25-38-41(42(32)49)33-17-8-10-20-36(33)50-38/h1-26H/i11D,18D,21D,22D,23D,26D. The lowest BCUT2D eigenvalue weighted by molar-refractivity contribution is 0.668. The fourth-order valence-electron chi connectivity index (χ4n) is 7.15. The highest BCUT2D eigenvalue weighted by molar-refractivity contribution is 6.24. The minimum absolute atomic E-state index is 0.0170. The number of fused-ring (bicyclic) bond motifs is 10. The molecule has 7 aromatic carbocycles. The van der Waals surface area contributed by atoms with Gasteiger partial charge >= 0.3 is 0 Å². The molecule has 6 heteroatoms. The molecule has 11 rings (SSSR count). The molecule has 0 N–H and O–H groups in total. The summed E-state index contributed by atoms with van der Waals surface area (Å²) in [5.74, 6) is 0.505. The fraction of sp³-hybridized carbons (Fsp3) is 0. The second kappa shape index (κ2) is 10.7. The zero-order valence-corrected chi connectivity index (χ0v) is 26.7. The number of nitrogens with zero attached hydrogens (tertiary/aromatic N) is 4. The Morgan fingerprint density at radius 3 is 2.02 bits per heavy atom. The quantitative estimate of drug-likeness (QED) is 0.188. The predicted octanol–water partition coefficient (Wildman–Crippen LogP) is 11.8. The van der Waals surface area contributed by atoms with Gasteiger partial charge in [0.2, 0.25) is 5.95 Å². The molecule has 0 spiro atoms. The molecule has 0 atom stereocenters. The van der Waals surface area contributed by atoms with E-state index in [1.54, 1.807) is 24.3 Å². The smallest absolute Gasteiger partial charge is 0.238 e. The van der Waals surface area contributed by atoms with Crippen LogP contribution in [0.2, 0.25) is 0 Å². The molecular weight excluding hydrogens is 629 g/mol. The lowest BCUT2D eigenvalue weighted by Gasteiger charge is -2.11. The van der Waals surface area contributed by atoms with E-state index in [-0.39, 0.29) is 75.5 Å². The summed E-state index contributed by atoms with van der Waals surface area (Å²) in [6, 6.07) is 36.4. The van der Waals surface area contributed by atoms with Gasteiger partial charge in [-0.2, -0.15) is 9.97 Å². The van der Waals surface area contributed by atoms with E-state index in [4.69, 9.17) is 27.9 Å². The summed E-state index contributed by atoms with van der Waals surface area (Å²) in [7, 11) is 0. The molecule has 0 aliphatic carbocycles. The van der Waals surface area contributed by atoms with Crippen LogP contribution in [-0.4, -0.2) is 19.5 Å². The molecule has 0 bridgehead atoms. The van der Waals surface area contributed by atoms with E-state index < -0.39 is 0 Å². The van der Waals surface area contributed by atoms with Crippen LogP contribution in [-0.2, 0) is 0 Å². The van der Waals surface area contributed by atoms with E-state index in [2.05, 4.69) is 0 Å². The third kappa shape index (κ3) is 4.20. The Morgan fingerprint density at radius 1 is 0.471 bits per heavy atom. The number of aromatic nitrogens is 4. The van der Waals surface area contributed by atoms with Crippen molar-refractivity contribution in [3.05, 3.63) is 158 Å². The molecule has 0 aliphatic rings. The van der Waals surface area contributed by atoms with Crippen LogP contribution in [0.25, 0.3) is 106 Å². The van der Waals surface area contributed by atoms with Gasteiger partial charge in [-0.15, -0.1) is 0 Å². The Kier molecular flexibility index (Phi) is 4.74. The van der Waals surface area contributed by atoms with Crippen molar-refractivity contribution < 1.29 is 17.1 Å². The molecule has 0 amide bonds. The normalized spacial score (nSPS) is 13.6. The predicted molar refractivity (Wildman–Crippen MR) is 205 cm³/mol. The Morgan fingerprint density at radius 2 is 1.18 bits per heavy atom. The number of hydrogen-bond acceptors (Lipinski definition) is 5. The number of rotatable bonds is 4. The van der Waals surface area contributed by atoms with Crippen molar-refractivity contribution in [1.29, 1.82) is 0 Å². The summed E-state index contributed by atoms with van der Waals surface area (Å²) in [5.41, 5.74) is 4.46. The molecule has 11 aromatic rings. The zero-order valence-electron chi connectivity index (χ0n) is 32.7. The second-order valence-corrected chi connectivity index (χ2v) is 12.3.